The first kappa shape index (κ1) is 12.0. The largest absolute Gasteiger partial charge is 0.507 e. The van der Waals surface area contributed by atoms with Crippen molar-refractivity contribution in [2.24, 2.45) is 0 Å². The first-order valence-corrected chi connectivity index (χ1v) is 5.11. The Morgan fingerprint density at radius 3 is 2.72 bits per heavy atom. The molecule has 0 atom stereocenters. The van der Waals surface area contributed by atoms with Gasteiger partial charge in [0, 0.05) is 11.6 Å². The van der Waals surface area contributed by atoms with E-state index in [2.05, 4.69) is 5.16 Å². The highest BCUT2D eigenvalue weighted by molar-refractivity contribution is 5.87. The molecule has 0 fully saturated rings. The van der Waals surface area contributed by atoms with Gasteiger partial charge in [-0.3, -0.25) is 0 Å². The van der Waals surface area contributed by atoms with Crippen LogP contribution in [0, 0.1) is 6.92 Å². The van der Waals surface area contributed by atoms with Gasteiger partial charge in [-0.1, -0.05) is 5.16 Å². The summed E-state index contributed by atoms with van der Waals surface area (Å²) in [6, 6.07) is 4.49. The monoisotopic (exact) mass is 249 g/mol. The zero-order valence-corrected chi connectivity index (χ0v) is 9.80. The van der Waals surface area contributed by atoms with Gasteiger partial charge in [-0.2, -0.15) is 0 Å². The predicted molar refractivity (Wildman–Crippen MR) is 61.9 cm³/mol. The molecule has 0 amide bonds. The topological polar surface area (TPSA) is 92.8 Å². The van der Waals surface area contributed by atoms with Crippen molar-refractivity contribution in [2.75, 3.05) is 7.11 Å². The van der Waals surface area contributed by atoms with Gasteiger partial charge in [0.05, 0.1) is 12.7 Å². The Bertz CT molecular complexity index is 603. The molecule has 1 heterocycles. The number of nitrogens with zero attached hydrogens (tertiary/aromatic N) is 1. The molecular formula is C12H11NO5. The number of aromatic hydroxyl groups is 1. The number of ether oxygens (including phenoxy) is 1. The molecule has 0 saturated carbocycles. The van der Waals surface area contributed by atoms with Gasteiger partial charge in [-0.25, -0.2) is 4.79 Å². The lowest BCUT2D eigenvalue weighted by atomic mass is 10.1. The third-order valence-electron chi connectivity index (χ3n) is 2.60. The number of carboxylic acid groups (broad SMARTS) is 1. The number of hydrogen-bond acceptors (Lipinski definition) is 5. The quantitative estimate of drug-likeness (QED) is 0.864. The number of phenolic OH excluding ortho intramolecular Hbond substituents is 1. The highest BCUT2D eigenvalue weighted by Crippen LogP contribution is 2.36. The van der Waals surface area contributed by atoms with Crippen molar-refractivity contribution in [3.63, 3.8) is 0 Å². The molecule has 1 aromatic carbocycles. The fourth-order valence-electron chi connectivity index (χ4n) is 1.60. The lowest BCUT2D eigenvalue weighted by Crippen LogP contribution is -1.94. The van der Waals surface area contributed by atoms with E-state index in [0.29, 0.717) is 16.9 Å². The van der Waals surface area contributed by atoms with E-state index < -0.39 is 5.97 Å². The van der Waals surface area contributed by atoms with Crippen LogP contribution in [-0.2, 0) is 0 Å². The van der Waals surface area contributed by atoms with E-state index in [1.807, 2.05) is 0 Å². The van der Waals surface area contributed by atoms with Crippen LogP contribution < -0.4 is 4.74 Å². The Morgan fingerprint density at radius 2 is 2.17 bits per heavy atom. The van der Waals surface area contributed by atoms with E-state index in [-0.39, 0.29) is 17.2 Å². The van der Waals surface area contributed by atoms with E-state index in [0.717, 1.165) is 0 Å². The van der Waals surface area contributed by atoms with Gasteiger partial charge in [0.25, 0.3) is 0 Å². The molecule has 2 aromatic rings. The zero-order valence-electron chi connectivity index (χ0n) is 9.80. The molecule has 2 rings (SSSR count). The summed E-state index contributed by atoms with van der Waals surface area (Å²) >= 11 is 0. The number of carbonyl (C=O) groups is 1. The number of hydrogen-bond donors (Lipinski definition) is 2. The molecule has 0 radical (unpaired) electrons. The Kier molecular flexibility index (Phi) is 2.93. The number of methoxy groups -OCH3 is 1. The molecule has 94 valence electrons. The maximum Gasteiger partial charge on any atom is 0.358 e. The van der Waals surface area contributed by atoms with E-state index in [1.165, 1.54) is 13.2 Å². The third kappa shape index (κ3) is 1.88. The fourth-order valence-corrected chi connectivity index (χ4v) is 1.60. The van der Waals surface area contributed by atoms with E-state index in [4.69, 9.17) is 14.4 Å². The minimum atomic E-state index is -1.19. The van der Waals surface area contributed by atoms with Crippen LogP contribution in [0.25, 0.3) is 11.3 Å². The Morgan fingerprint density at radius 1 is 1.44 bits per heavy atom. The van der Waals surface area contributed by atoms with Crippen LogP contribution in [0.4, 0.5) is 0 Å². The van der Waals surface area contributed by atoms with Crippen LogP contribution in [0.3, 0.4) is 0 Å². The molecule has 0 aliphatic heterocycles. The van der Waals surface area contributed by atoms with Crippen molar-refractivity contribution < 1.29 is 24.3 Å². The van der Waals surface area contributed by atoms with Gasteiger partial charge < -0.3 is 19.5 Å². The van der Waals surface area contributed by atoms with Crippen LogP contribution in [0.2, 0.25) is 0 Å². The molecule has 0 bridgehead atoms. The van der Waals surface area contributed by atoms with Crippen LogP contribution in [-0.4, -0.2) is 28.4 Å². The predicted octanol–water partition coefficient (Wildman–Crippen LogP) is 2.06. The van der Waals surface area contributed by atoms with Crippen molar-refractivity contribution in [3.05, 3.63) is 29.5 Å². The van der Waals surface area contributed by atoms with Crippen molar-refractivity contribution in [3.8, 4) is 22.8 Å². The van der Waals surface area contributed by atoms with Gasteiger partial charge in [0.15, 0.2) is 11.5 Å². The Balaban J connectivity index is 2.50. The zero-order chi connectivity index (χ0) is 13.3. The highest BCUT2D eigenvalue weighted by Gasteiger charge is 2.17. The van der Waals surface area contributed by atoms with Crippen molar-refractivity contribution in [1.29, 1.82) is 0 Å². The van der Waals surface area contributed by atoms with Gasteiger partial charge in [0.1, 0.15) is 11.5 Å². The number of benzene rings is 1. The van der Waals surface area contributed by atoms with Gasteiger partial charge in [-0.15, -0.1) is 0 Å². The fraction of sp³-hybridized carbons (Fsp3) is 0.167. The summed E-state index contributed by atoms with van der Waals surface area (Å²) < 4.78 is 9.95. The van der Waals surface area contributed by atoms with Crippen molar-refractivity contribution >= 4 is 5.97 Å². The molecule has 1 aromatic heterocycles. The smallest absolute Gasteiger partial charge is 0.358 e. The van der Waals surface area contributed by atoms with E-state index in [1.54, 1.807) is 19.1 Å². The van der Waals surface area contributed by atoms with Crippen LogP contribution in [0.1, 0.15) is 16.1 Å². The molecule has 18 heavy (non-hydrogen) atoms. The summed E-state index contributed by atoms with van der Waals surface area (Å²) in [5.74, 6) is -0.484. The summed E-state index contributed by atoms with van der Waals surface area (Å²) in [6.07, 6.45) is 0. The van der Waals surface area contributed by atoms with Gasteiger partial charge in [-0.05, 0) is 19.1 Å². The van der Waals surface area contributed by atoms with Gasteiger partial charge in [0.2, 0.25) is 0 Å². The third-order valence-corrected chi connectivity index (χ3v) is 2.60. The van der Waals surface area contributed by atoms with E-state index >= 15 is 0 Å². The molecule has 6 nitrogen and oxygen atoms in total. The summed E-state index contributed by atoms with van der Waals surface area (Å²) in [7, 11) is 1.50. The molecule has 0 aliphatic carbocycles. The van der Waals surface area contributed by atoms with Crippen molar-refractivity contribution in [2.45, 2.75) is 6.92 Å². The van der Waals surface area contributed by atoms with E-state index in [9.17, 15) is 9.90 Å². The second-order valence-corrected chi connectivity index (χ2v) is 3.67. The summed E-state index contributed by atoms with van der Waals surface area (Å²) in [6.45, 7) is 1.69. The second-order valence-electron chi connectivity index (χ2n) is 3.67. The Hall–Kier alpha value is -2.50. The normalized spacial score (nSPS) is 10.3. The molecule has 0 spiro atoms. The summed E-state index contributed by atoms with van der Waals surface area (Å²) in [5, 5.41) is 22.1. The maximum absolute atomic E-state index is 10.7. The molecule has 0 unspecified atom stereocenters. The molecule has 2 N–H and O–H groups in total. The minimum Gasteiger partial charge on any atom is -0.507 e. The summed E-state index contributed by atoms with van der Waals surface area (Å²) in [4.78, 5) is 10.7. The average Bonchev–Trinajstić information content (AvgIpc) is 2.82. The first-order valence-electron chi connectivity index (χ1n) is 5.11. The minimum absolute atomic E-state index is 0.0255. The number of aromatic carboxylic acids is 1. The first-order chi connectivity index (χ1) is 8.54. The van der Waals surface area contributed by atoms with Crippen LogP contribution >= 0.6 is 0 Å². The maximum atomic E-state index is 10.7. The van der Waals surface area contributed by atoms with Crippen LogP contribution in [0.5, 0.6) is 11.5 Å². The SMILES string of the molecule is COc1ccc(-c2cc(C(=O)O)no2)c(O)c1C. The average molecular weight is 249 g/mol. The molecular weight excluding hydrogens is 238 g/mol. The summed E-state index contributed by atoms with van der Waals surface area (Å²) in [5.41, 5.74) is 0.703. The van der Waals surface area contributed by atoms with Crippen molar-refractivity contribution in [1.82, 2.24) is 5.16 Å². The number of aromatic nitrogens is 1. The molecule has 0 aliphatic rings. The Labute approximate surface area is 102 Å². The molecule has 6 heteroatoms. The highest BCUT2D eigenvalue weighted by atomic mass is 16.5. The lowest BCUT2D eigenvalue weighted by molar-refractivity contribution is 0.0686. The molecule has 0 saturated heterocycles. The number of phenols is 1. The number of carboxylic acids is 1. The number of rotatable bonds is 3. The standard InChI is InChI=1S/C12H11NO5/c1-6-9(17-2)4-3-7(11(6)14)10-5-8(12(15)16)13-18-10/h3-5,14H,1-2H3,(H,15,16). The second kappa shape index (κ2) is 4.40. The van der Waals surface area contributed by atoms with Gasteiger partial charge >= 0.3 is 5.97 Å². The van der Waals surface area contributed by atoms with Crippen LogP contribution in [0.15, 0.2) is 22.7 Å². The lowest BCUT2D eigenvalue weighted by Gasteiger charge is -2.08.